The van der Waals surface area contributed by atoms with Crippen LogP contribution in [0.4, 0.5) is 5.95 Å². The molecule has 21 heavy (non-hydrogen) atoms. The topological polar surface area (TPSA) is 57.8 Å². The predicted molar refractivity (Wildman–Crippen MR) is 90.1 cm³/mol. The van der Waals surface area contributed by atoms with Crippen molar-refractivity contribution in [2.24, 2.45) is 0 Å². The summed E-state index contributed by atoms with van der Waals surface area (Å²) >= 11 is 7.61. The van der Waals surface area contributed by atoms with Crippen LogP contribution in [0.5, 0.6) is 0 Å². The Morgan fingerprint density at radius 3 is 2.71 bits per heavy atom. The van der Waals surface area contributed by atoms with Crippen molar-refractivity contribution < 1.29 is 0 Å². The average molecular weight is 324 g/mol. The highest BCUT2D eigenvalue weighted by Gasteiger charge is 2.03. The van der Waals surface area contributed by atoms with E-state index in [4.69, 9.17) is 11.6 Å². The molecule has 0 aliphatic heterocycles. The fourth-order valence-electron chi connectivity index (χ4n) is 1.71. The lowest BCUT2D eigenvalue weighted by molar-refractivity contribution is 0.999. The molecule has 2 N–H and O–H groups in total. The molecule has 1 aromatic carbocycles. The first kappa shape index (κ1) is 15.9. The number of nitrogens with zero attached hydrogens (tertiary/aromatic N) is 1. The maximum atomic E-state index is 11.6. The lowest BCUT2D eigenvalue weighted by Gasteiger charge is -2.08. The Morgan fingerprint density at radius 1 is 1.33 bits per heavy atom. The molecule has 0 amide bonds. The van der Waals surface area contributed by atoms with E-state index in [0.29, 0.717) is 22.8 Å². The van der Waals surface area contributed by atoms with Crippen LogP contribution in [0.2, 0.25) is 5.02 Å². The third-order valence-corrected chi connectivity index (χ3v) is 4.11. The second kappa shape index (κ2) is 7.52. The van der Waals surface area contributed by atoms with Crippen LogP contribution in [-0.4, -0.2) is 15.2 Å². The van der Waals surface area contributed by atoms with Gasteiger partial charge in [0.05, 0.1) is 5.69 Å². The molecule has 0 atom stereocenters. The minimum absolute atomic E-state index is 0.136. The number of benzene rings is 1. The number of hydrogen-bond donors (Lipinski definition) is 2. The molecule has 0 unspecified atom stereocenters. The maximum absolute atomic E-state index is 11.6. The van der Waals surface area contributed by atoms with Gasteiger partial charge in [-0.2, -0.15) is 11.8 Å². The van der Waals surface area contributed by atoms with Gasteiger partial charge in [0.25, 0.3) is 5.56 Å². The number of aromatic nitrogens is 2. The molecule has 6 heteroatoms. The maximum Gasteiger partial charge on any atom is 0.252 e. The molecule has 0 radical (unpaired) electrons. The summed E-state index contributed by atoms with van der Waals surface area (Å²) in [6.07, 6.45) is 0. The first-order valence-corrected chi connectivity index (χ1v) is 8.16. The number of H-pyrrole nitrogens is 1. The Labute approximate surface area is 133 Å². The van der Waals surface area contributed by atoms with Crippen molar-refractivity contribution in [3.8, 4) is 0 Å². The highest BCUT2D eigenvalue weighted by Crippen LogP contribution is 2.15. The SMILES string of the molecule is CC(C)SCc1cc(=O)[nH]c(NCc2ccc(Cl)cc2)n1. The first-order valence-electron chi connectivity index (χ1n) is 6.73. The quantitative estimate of drug-likeness (QED) is 0.851. The van der Waals surface area contributed by atoms with Crippen LogP contribution in [0.25, 0.3) is 0 Å². The molecule has 0 aliphatic carbocycles. The molecule has 2 rings (SSSR count). The third-order valence-electron chi connectivity index (χ3n) is 2.73. The van der Waals surface area contributed by atoms with Gasteiger partial charge in [-0.25, -0.2) is 4.98 Å². The van der Waals surface area contributed by atoms with E-state index in [1.807, 2.05) is 24.3 Å². The summed E-state index contributed by atoms with van der Waals surface area (Å²) in [5.74, 6) is 1.23. The smallest absolute Gasteiger partial charge is 0.252 e. The van der Waals surface area contributed by atoms with Gasteiger partial charge in [-0.1, -0.05) is 37.6 Å². The Bertz CT molecular complexity index is 640. The Morgan fingerprint density at radius 2 is 2.05 bits per heavy atom. The summed E-state index contributed by atoms with van der Waals surface area (Å²) in [6.45, 7) is 4.83. The van der Waals surface area contributed by atoms with Gasteiger partial charge >= 0.3 is 0 Å². The average Bonchev–Trinajstić information content (AvgIpc) is 2.44. The number of rotatable bonds is 6. The van der Waals surface area contributed by atoms with E-state index >= 15 is 0 Å². The highest BCUT2D eigenvalue weighted by molar-refractivity contribution is 7.99. The molecule has 1 aromatic heterocycles. The monoisotopic (exact) mass is 323 g/mol. The van der Waals surface area contributed by atoms with Crippen molar-refractivity contribution in [3.63, 3.8) is 0 Å². The standard InChI is InChI=1S/C15H18ClN3OS/c1-10(2)21-9-13-7-14(20)19-15(18-13)17-8-11-3-5-12(16)6-4-11/h3-7,10H,8-9H2,1-2H3,(H2,17,18,19,20). The van der Waals surface area contributed by atoms with Crippen molar-refractivity contribution in [3.05, 3.63) is 57.0 Å². The summed E-state index contributed by atoms with van der Waals surface area (Å²) in [7, 11) is 0. The van der Waals surface area contributed by atoms with Crippen LogP contribution in [0.15, 0.2) is 35.1 Å². The molecule has 4 nitrogen and oxygen atoms in total. The van der Waals surface area contributed by atoms with E-state index in [1.54, 1.807) is 17.8 Å². The molecular weight excluding hydrogens is 306 g/mol. The van der Waals surface area contributed by atoms with Gasteiger partial charge in [-0.3, -0.25) is 9.78 Å². The van der Waals surface area contributed by atoms with E-state index < -0.39 is 0 Å². The van der Waals surface area contributed by atoms with Gasteiger partial charge < -0.3 is 5.32 Å². The number of nitrogens with one attached hydrogen (secondary N) is 2. The molecule has 0 saturated heterocycles. The molecule has 0 bridgehead atoms. The lowest BCUT2D eigenvalue weighted by atomic mass is 10.2. The normalized spacial score (nSPS) is 10.9. The Kier molecular flexibility index (Phi) is 5.70. The van der Waals surface area contributed by atoms with Crippen molar-refractivity contribution >= 4 is 29.3 Å². The molecule has 112 valence electrons. The zero-order valence-electron chi connectivity index (χ0n) is 12.0. The molecule has 0 aliphatic rings. The van der Waals surface area contributed by atoms with Crippen LogP contribution in [0.1, 0.15) is 25.1 Å². The summed E-state index contributed by atoms with van der Waals surface area (Å²) in [6, 6.07) is 9.09. The minimum Gasteiger partial charge on any atom is -0.352 e. The van der Waals surface area contributed by atoms with Gasteiger partial charge in [0.1, 0.15) is 0 Å². The molecule has 1 heterocycles. The van der Waals surface area contributed by atoms with E-state index in [9.17, 15) is 4.79 Å². The fraction of sp³-hybridized carbons (Fsp3) is 0.333. The molecule has 0 saturated carbocycles. The number of aromatic amines is 1. The molecular formula is C15H18ClN3OS. The summed E-state index contributed by atoms with van der Waals surface area (Å²) in [5.41, 5.74) is 1.73. The highest BCUT2D eigenvalue weighted by atomic mass is 35.5. The number of halogens is 1. The summed E-state index contributed by atoms with van der Waals surface area (Å²) in [5, 5.41) is 4.35. The number of thioether (sulfide) groups is 1. The van der Waals surface area contributed by atoms with Gasteiger partial charge in [0.2, 0.25) is 5.95 Å². The van der Waals surface area contributed by atoms with E-state index in [1.165, 1.54) is 0 Å². The van der Waals surface area contributed by atoms with E-state index in [0.717, 1.165) is 17.0 Å². The van der Waals surface area contributed by atoms with Crippen molar-refractivity contribution in [2.45, 2.75) is 31.4 Å². The van der Waals surface area contributed by atoms with Crippen molar-refractivity contribution in [1.82, 2.24) is 9.97 Å². The van der Waals surface area contributed by atoms with Crippen LogP contribution < -0.4 is 10.9 Å². The van der Waals surface area contributed by atoms with Crippen LogP contribution >= 0.6 is 23.4 Å². The van der Waals surface area contributed by atoms with Crippen molar-refractivity contribution in [1.29, 1.82) is 0 Å². The molecule has 0 fully saturated rings. The predicted octanol–water partition coefficient (Wildman–Crippen LogP) is 3.68. The Hall–Kier alpha value is -1.46. The zero-order chi connectivity index (χ0) is 15.2. The largest absolute Gasteiger partial charge is 0.352 e. The van der Waals surface area contributed by atoms with Gasteiger partial charge in [-0.05, 0) is 22.9 Å². The van der Waals surface area contributed by atoms with Gasteiger partial charge in [-0.15, -0.1) is 0 Å². The molecule has 2 aromatic rings. The summed E-state index contributed by atoms with van der Waals surface area (Å²) in [4.78, 5) is 18.8. The Balaban J connectivity index is 2.02. The second-order valence-electron chi connectivity index (χ2n) is 4.93. The van der Waals surface area contributed by atoms with Crippen LogP contribution in [-0.2, 0) is 12.3 Å². The fourth-order valence-corrected chi connectivity index (χ4v) is 2.48. The van der Waals surface area contributed by atoms with Crippen molar-refractivity contribution in [2.75, 3.05) is 5.32 Å². The molecule has 0 spiro atoms. The van der Waals surface area contributed by atoms with Gasteiger partial charge in [0, 0.05) is 23.4 Å². The van der Waals surface area contributed by atoms with E-state index in [2.05, 4.69) is 29.1 Å². The number of anilines is 1. The summed E-state index contributed by atoms with van der Waals surface area (Å²) < 4.78 is 0. The second-order valence-corrected chi connectivity index (χ2v) is 6.93. The lowest BCUT2D eigenvalue weighted by Crippen LogP contribution is -2.14. The third kappa shape index (κ3) is 5.44. The first-order chi connectivity index (χ1) is 10.0. The minimum atomic E-state index is -0.136. The zero-order valence-corrected chi connectivity index (χ0v) is 13.6. The number of hydrogen-bond acceptors (Lipinski definition) is 4. The van der Waals surface area contributed by atoms with E-state index in [-0.39, 0.29) is 5.56 Å². The van der Waals surface area contributed by atoms with Crippen LogP contribution in [0, 0.1) is 0 Å². The van der Waals surface area contributed by atoms with Crippen LogP contribution in [0.3, 0.4) is 0 Å². The van der Waals surface area contributed by atoms with Gasteiger partial charge in [0.15, 0.2) is 0 Å².